The third-order valence-electron chi connectivity index (χ3n) is 4.72. The van der Waals surface area contributed by atoms with Crippen LogP contribution in [0.4, 0.5) is 4.79 Å². The Balaban J connectivity index is 1.47. The van der Waals surface area contributed by atoms with E-state index in [-0.39, 0.29) is 5.91 Å². The lowest BCUT2D eigenvalue weighted by molar-refractivity contribution is 0.0952. The van der Waals surface area contributed by atoms with E-state index < -0.39 is 6.03 Å². The molecule has 1 aliphatic carbocycles. The smallest absolute Gasteiger partial charge is 0.312 e. The van der Waals surface area contributed by atoms with Gasteiger partial charge in [0.2, 0.25) is 0 Å². The van der Waals surface area contributed by atoms with Gasteiger partial charge in [-0.1, -0.05) is 36.4 Å². The Kier molecular flexibility index (Phi) is 5.33. The zero-order chi connectivity index (χ0) is 17.6. The molecule has 0 radical (unpaired) electrons. The van der Waals surface area contributed by atoms with Crippen LogP contribution in [0.25, 0.3) is 0 Å². The van der Waals surface area contributed by atoms with E-state index in [1.807, 2.05) is 12.1 Å². The van der Waals surface area contributed by atoms with Crippen LogP contribution < -0.4 is 16.4 Å². The maximum atomic E-state index is 12.2. The van der Waals surface area contributed by atoms with Crippen LogP contribution >= 0.6 is 0 Å². The first-order chi connectivity index (χ1) is 12.1. The summed E-state index contributed by atoms with van der Waals surface area (Å²) >= 11 is 0. The third kappa shape index (κ3) is 4.38. The summed E-state index contributed by atoms with van der Waals surface area (Å²) in [6.07, 6.45) is 3.26. The Morgan fingerprint density at radius 1 is 1.04 bits per heavy atom. The summed E-state index contributed by atoms with van der Waals surface area (Å²) in [6, 6.07) is 15.2. The molecule has 0 saturated heterocycles. The Labute approximate surface area is 147 Å². The van der Waals surface area contributed by atoms with Gasteiger partial charge in [0.25, 0.3) is 5.91 Å². The van der Waals surface area contributed by atoms with E-state index in [9.17, 15) is 9.59 Å². The first-order valence-corrected chi connectivity index (χ1v) is 8.62. The standard InChI is InChI=1S/C20H23N3O2/c21-20(25)23-13-14-5-7-17(8-6-14)19(24)22-12-11-16-10-9-15-3-1-2-4-18(15)16/h1-8,16H,9-13H2,(H,22,24)(H3,21,23,25). The quantitative estimate of drug-likeness (QED) is 0.757. The summed E-state index contributed by atoms with van der Waals surface area (Å²) in [5, 5.41) is 5.52. The highest BCUT2D eigenvalue weighted by Crippen LogP contribution is 2.34. The average Bonchev–Trinajstić information content (AvgIpc) is 3.03. The number of nitrogens with two attached hydrogens (primary N) is 1. The molecule has 25 heavy (non-hydrogen) atoms. The lowest BCUT2D eigenvalue weighted by atomic mass is 9.98. The van der Waals surface area contributed by atoms with Crippen LogP contribution in [0.3, 0.4) is 0 Å². The molecular weight excluding hydrogens is 314 g/mol. The van der Waals surface area contributed by atoms with Crippen LogP contribution in [0.2, 0.25) is 0 Å². The largest absolute Gasteiger partial charge is 0.352 e. The van der Waals surface area contributed by atoms with E-state index in [4.69, 9.17) is 5.73 Å². The zero-order valence-electron chi connectivity index (χ0n) is 14.1. The van der Waals surface area contributed by atoms with Crippen molar-refractivity contribution in [3.63, 3.8) is 0 Å². The summed E-state index contributed by atoms with van der Waals surface area (Å²) in [5.74, 6) is 0.472. The van der Waals surface area contributed by atoms with Gasteiger partial charge in [-0.25, -0.2) is 4.79 Å². The number of amides is 3. The Bertz CT molecular complexity index is 756. The van der Waals surface area contributed by atoms with Gasteiger partial charge in [0.05, 0.1) is 0 Å². The molecule has 0 bridgehead atoms. The van der Waals surface area contributed by atoms with E-state index in [0.29, 0.717) is 24.6 Å². The second-order valence-corrected chi connectivity index (χ2v) is 6.39. The third-order valence-corrected chi connectivity index (χ3v) is 4.72. The van der Waals surface area contributed by atoms with Crippen molar-refractivity contribution in [1.82, 2.24) is 10.6 Å². The molecule has 0 fully saturated rings. The van der Waals surface area contributed by atoms with Gasteiger partial charge in [-0.3, -0.25) is 4.79 Å². The molecule has 5 heteroatoms. The molecule has 1 atom stereocenters. The van der Waals surface area contributed by atoms with Crippen LogP contribution in [-0.2, 0) is 13.0 Å². The number of carbonyl (C=O) groups excluding carboxylic acids is 2. The molecule has 3 rings (SSSR count). The summed E-state index contributed by atoms with van der Waals surface area (Å²) in [7, 11) is 0. The van der Waals surface area contributed by atoms with Gasteiger partial charge in [-0.05, 0) is 54.0 Å². The van der Waals surface area contributed by atoms with Crippen molar-refractivity contribution in [2.24, 2.45) is 5.73 Å². The highest BCUT2D eigenvalue weighted by atomic mass is 16.2. The summed E-state index contributed by atoms with van der Waals surface area (Å²) < 4.78 is 0. The molecule has 0 spiro atoms. The normalized spacial score (nSPS) is 15.4. The van der Waals surface area contributed by atoms with Crippen LogP contribution in [0.1, 0.15) is 45.8 Å². The maximum Gasteiger partial charge on any atom is 0.312 e. The molecule has 3 amide bonds. The number of rotatable bonds is 6. The van der Waals surface area contributed by atoms with E-state index in [1.165, 1.54) is 11.1 Å². The summed E-state index contributed by atoms with van der Waals surface area (Å²) in [6.45, 7) is 1.03. The van der Waals surface area contributed by atoms with Crippen molar-refractivity contribution in [2.45, 2.75) is 31.7 Å². The zero-order valence-corrected chi connectivity index (χ0v) is 14.1. The number of carbonyl (C=O) groups is 2. The summed E-state index contributed by atoms with van der Waals surface area (Å²) in [5.41, 5.74) is 9.44. The fourth-order valence-electron chi connectivity index (χ4n) is 3.37. The number of aryl methyl sites for hydroxylation is 1. The minimum atomic E-state index is -0.560. The number of benzene rings is 2. The van der Waals surface area contributed by atoms with Crippen molar-refractivity contribution in [3.8, 4) is 0 Å². The monoisotopic (exact) mass is 337 g/mol. The van der Waals surface area contributed by atoms with Gasteiger partial charge in [0.15, 0.2) is 0 Å². The molecule has 0 aromatic heterocycles. The van der Waals surface area contributed by atoms with Crippen molar-refractivity contribution in [3.05, 3.63) is 70.8 Å². The predicted molar refractivity (Wildman–Crippen MR) is 97.3 cm³/mol. The Hall–Kier alpha value is -2.82. The number of primary amides is 1. The minimum absolute atomic E-state index is 0.0688. The lowest BCUT2D eigenvalue weighted by Gasteiger charge is -2.12. The number of urea groups is 1. The number of hydrogen-bond acceptors (Lipinski definition) is 2. The van der Waals surface area contributed by atoms with Crippen LogP contribution in [0.5, 0.6) is 0 Å². The SMILES string of the molecule is NC(=O)NCc1ccc(C(=O)NCCC2CCc3ccccc32)cc1. The van der Waals surface area contributed by atoms with Gasteiger partial charge < -0.3 is 16.4 Å². The van der Waals surface area contributed by atoms with Crippen molar-refractivity contribution >= 4 is 11.9 Å². The van der Waals surface area contributed by atoms with E-state index in [1.54, 1.807) is 12.1 Å². The van der Waals surface area contributed by atoms with Crippen molar-refractivity contribution in [2.75, 3.05) is 6.54 Å². The fraction of sp³-hybridized carbons (Fsp3) is 0.300. The molecule has 2 aromatic rings. The molecular formula is C20H23N3O2. The summed E-state index contributed by atoms with van der Waals surface area (Å²) in [4.78, 5) is 22.9. The minimum Gasteiger partial charge on any atom is -0.352 e. The maximum absolute atomic E-state index is 12.2. The molecule has 5 nitrogen and oxygen atoms in total. The molecule has 0 saturated carbocycles. The van der Waals surface area contributed by atoms with Gasteiger partial charge in [-0.15, -0.1) is 0 Å². The van der Waals surface area contributed by atoms with Crippen molar-refractivity contribution in [1.29, 1.82) is 0 Å². The average molecular weight is 337 g/mol. The van der Waals surface area contributed by atoms with Gasteiger partial charge in [-0.2, -0.15) is 0 Å². The van der Waals surface area contributed by atoms with Gasteiger partial charge in [0, 0.05) is 18.7 Å². The molecule has 0 aliphatic heterocycles. The molecule has 130 valence electrons. The second kappa shape index (κ2) is 7.83. The molecule has 0 heterocycles. The van der Waals surface area contributed by atoms with Gasteiger partial charge >= 0.3 is 6.03 Å². The molecule has 2 aromatic carbocycles. The van der Waals surface area contributed by atoms with Crippen LogP contribution in [0, 0.1) is 0 Å². The predicted octanol–water partition coefficient (Wildman–Crippen LogP) is 2.70. The first kappa shape index (κ1) is 17.0. The number of hydrogen-bond donors (Lipinski definition) is 3. The highest BCUT2D eigenvalue weighted by molar-refractivity contribution is 5.94. The van der Waals surface area contributed by atoms with Crippen LogP contribution in [0.15, 0.2) is 48.5 Å². The Morgan fingerprint density at radius 2 is 1.80 bits per heavy atom. The highest BCUT2D eigenvalue weighted by Gasteiger charge is 2.21. The Morgan fingerprint density at radius 3 is 2.56 bits per heavy atom. The first-order valence-electron chi connectivity index (χ1n) is 8.62. The van der Waals surface area contributed by atoms with Crippen molar-refractivity contribution < 1.29 is 9.59 Å². The van der Waals surface area contributed by atoms with E-state index in [0.717, 1.165) is 24.8 Å². The topological polar surface area (TPSA) is 84.2 Å². The number of fused-ring (bicyclic) bond motifs is 1. The fourth-order valence-corrected chi connectivity index (χ4v) is 3.37. The van der Waals surface area contributed by atoms with Crippen LogP contribution in [-0.4, -0.2) is 18.5 Å². The molecule has 1 aliphatic rings. The van der Waals surface area contributed by atoms with E-state index >= 15 is 0 Å². The lowest BCUT2D eigenvalue weighted by Crippen LogP contribution is -2.28. The molecule has 4 N–H and O–H groups in total. The van der Waals surface area contributed by atoms with Gasteiger partial charge in [0.1, 0.15) is 0 Å². The molecule has 1 unspecified atom stereocenters. The second-order valence-electron chi connectivity index (χ2n) is 6.39. The van der Waals surface area contributed by atoms with E-state index in [2.05, 4.69) is 34.9 Å². The number of nitrogens with one attached hydrogen (secondary N) is 2.